The minimum atomic E-state index is -0.138. The molecule has 1 rings (SSSR count). The molecule has 0 aliphatic rings. The number of ether oxygens (including phenoxy) is 1. The average Bonchev–Trinajstić information content (AvgIpc) is 2.07. The fourth-order valence-electron chi connectivity index (χ4n) is 0.871. The molecule has 1 aromatic carbocycles. The van der Waals surface area contributed by atoms with Gasteiger partial charge in [-0.25, -0.2) is 0 Å². The molecular formula is C9H9NO. The highest BCUT2D eigenvalue weighted by molar-refractivity contribution is 5.16. The fourth-order valence-corrected chi connectivity index (χ4v) is 0.871. The van der Waals surface area contributed by atoms with Crippen molar-refractivity contribution in [3.63, 3.8) is 0 Å². The van der Waals surface area contributed by atoms with Gasteiger partial charge in [-0.15, -0.1) is 0 Å². The van der Waals surface area contributed by atoms with Crippen LogP contribution in [0.1, 0.15) is 18.6 Å². The van der Waals surface area contributed by atoms with Crippen LogP contribution >= 0.6 is 0 Å². The van der Waals surface area contributed by atoms with E-state index in [0.29, 0.717) is 0 Å². The number of hydrogen-bond donors (Lipinski definition) is 0. The van der Waals surface area contributed by atoms with Gasteiger partial charge in [0, 0.05) is 0 Å². The molecule has 0 N–H and O–H groups in total. The van der Waals surface area contributed by atoms with Crippen LogP contribution < -0.4 is 0 Å². The maximum absolute atomic E-state index is 8.23. The van der Waals surface area contributed by atoms with E-state index in [9.17, 15) is 0 Å². The van der Waals surface area contributed by atoms with Crippen molar-refractivity contribution in [3.05, 3.63) is 35.9 Å². The second-order valence-electron chi connectivity index (χ2n) is 2.26. The Labute approximate surface area is 66.0 Å². The Kier molecular flexibility index (Phi) is 2.51. The summed E-state index contributed by atoms with van der Waals surface area (Å²) >= 11 is 0. The summed E-state index contributed by atoms with van der Waals surface area (Å²) in [7, 11) is 0. The lowest BCUT2D eigenvalue weighted by Crippen LogP contribution is -1.93. The van der Waals surface area contributed by atoms with Gasteiger partial charge in [0.05, 0.1) is 0 Å². The number of benzene rings is 1. The van der Waals surface area contributed by atoms with Crippen LogP contribution in [0.5, 0.6) is 0 Å². The van der Waals surface area contributed by atoms with Crippen molar-refractivity contribution >= 4 is 0 Å². The van der Waals surface area contributed by atoms with Gasteiger partial charge in [0.25, 0.3) is 6.26 Å². The second kappa shape index (κ2) is 3.62. The summed E-state index contributed by atoms with van der Waals surface area (Å²) in [4.78, 5) is 0. The van der Waals surface area contributed by atoms with Crippen LogP contribution in [0.3, 0.4) is 0 Å². The molecule has 0 unspecified atom stereocenters. The van der Waals surface area contributed by atoms with Gasteiger partial charge in [0.15, 0.2) is 0 Å². The van der Waals surface area contributed by atoms with Gasteiger partial charge in [0.2, 0.25) is 0 Å². The summed E-state index contributed by atoms with van der Waals surface area (Å²) in [6.45, 7) is 1.85. The SMILES string of the molecule is C[C@@H](OC#N)c1ccccc1. The van der Waals surface area contributed by atoms with E-state index in [1.807, 2.05) is 37.3 Å². The summed E-state index contributed by atoms with van der Waals surface area (Å²) in [6.07, 6.45) is 1.53. The normalized spacial score (nSPS) is 11.6. The molecule has 0 aromatic heterocycles. The van der Waals surface area contributed by atoms with Gasteiger partial charge in [-0.05, 0) is 12.5 Å². The number of hydrogen-bond acceptors (Lipinski definition) is 2. The summed E-state index contributed by atoms with van der Waals surface area (Å²) in [5.74, 6) is 0. The molecule has 0 amide bonds. The van der Waals surface area contributed by atoms with E-state index in [4.69, 9.17) is 10.00 Å². The summed E-state index contributed by atoms with van der Waals surface area (Å²) in [5, 5.41) is 8.23. The molecule has 1 aromatic rings. The third-order valence-electron chi connectivity index (χ3n) is 1.50. The van der Waals surface area contributed by atoms with Crippen LogP contribution in [0.15, 0.2) is 30.3 Å². The van der Waals surface area contributed by atoms with E-state index in [0.717, 1.165) is 5.56 Å². The van der Waals surface area contributed by atoms with Crippen LogP contribution in [0.25, 0.3) is 0 Å². The summed E-state index contributed by atoms with van der Waals surface area (Å²) in [5.41, 5.74) is 1.02. The standard InChI is InChI=1S/C9H9NO/c1-8(11-7-10)9-5-3-2-4-6-9/h2-6,8H,1H3/t8-/m1/s1. The Balaban J connectivity index is 2.70. The number of nitriles is 1. The summed E-state index contributed by atoms with van der Waals surface area (Å²) in [6, 6.07) is 9.64. The van der Waals surface area contributed by atoms with Crippen molar-refractivity contribution in [1.82, 2.24) is 0 Å². The third kappa shape index (κ3) is 1.98. The van der Waals surface area contributed by atoms with Crippen molar-refractivity contribution < 1.29 is 4.74 Å². The lowest BCUT2D eigenvalue weighted by Gasteiger charge is -2.06. The van der Waals surface area contributed by atoms with Gasteiger partial charge in [-0.3, -0.25) is 0 Å². The Bertz CT molecular complexity index is 250. The van der Waals surface area contributed by atoms with Crippen molar-refractivity contribution in [2.24, 2.45) is 0 Å². The minimum Gasteiger partial charge on any atom is -0.420 e. The Hall–Kier alpha value is -1.49. The highest BCUT2D eigenvalue weighted by Crippen LogP contribution is 2.14. The fraction of sp³-hybridized carbons (Fsp3) is 0.222. The van der Waals surface area contributed by atoms with E-state index in [-0.39, 0.29) is 6.10 Å². The number of rotatable bonds is 2. The minimum absolute atomic E-state index is 0.138. The van der Waals surface area contributed by atoms with Gasteiger partial charge in [-0.2, -0.15) is 5.26 Å². The second-order valence-corrected chi connectivity index (χ2v) is 2.26. The molecule has 0 radical (unpaired) electrons. The van der Waals surface area contributed by atoms with Gasteiger partial charge < -0.3 is 4.74 Å². The molecule has 0 aliphatic carbocycles. The molecule has 0 saturated heterocycles. The summed E-state index contributed by atoms with van der Waals surface area (Å²) < 4.78 is 4.73. The van der Waals surface area contributed by atoms with Gasteiger partial charge in [-0.1, -0.05) is 30.3 Å². The molecule has 11 heavy (non-hydrogen) atoms. The van der Waals surface area contributed by atoms with Gasteiger partial charge in [0.1, 0.15) is 6.10 Å². The monoisotopic (exact) mass is 147 g/mol. The smallest absolute Gasteiger partial charge is 0.286 e. The lowest BCUT2D eigenvalue weighted by molar-refractivity contribution is 0.182. The maximum atomic E-state index is 8.23. The molecule has 0 aliphatic heterocycles. The predicted octanol–water partition coefficient (Wildman–Crippen LogP) is 2.25. The largest absolute Gasteiger partial charge is 0.420 e. The highest BCUT2D eigenvalue weighted by Gasteiger charge is 2.02. The Morgan fingerprint density at radius 3 is 2.55 bits per heavy atom. The quantitative estimate of drug-likeness (QED) is 0.601. The van der Waals surface area contributed by atoms with Crippen LogP contribution in [0.2, 0.25) is 0 Å². The van der Waals surface area contributed by atoms with Crippen LogP contribution in [-0.4, -0.2) is 0 Å². The van der Waals surface area contributed by atoms with Gasteiger partial charge >= 0.3 is 0 Å². The molecule has 0 heterocycles. The molecule has 0 fully saturated rings. The zero-order valence-corrected chi connectivity index (χ0v) is 6.32. The van der Waals surface area contributed by atoms with Crippen LogP contribution in [0, 0.1) is 11.5 Å². The number of nitrogens with zero attached hydrogens (tertiary/aromatic N) is 1. The molecule has 0 spiro atoms. The molecule has 0 saturated carbocycles. The zero-order valence-electron chi connectivity index (χ0n) is 6.32. The highest BCUT2D eigenvalue weighted by atomic mass is 16.5. The molecule has 0 bridgehead atoms. The Morgan fingerprint density at radius 2 is 2.00 bits per heavy atom. The molecule has 2 heteroatoms. The third-order valence-corrected chi connectivity index (χ3v) is 1.50. The van der Waals surface area contributed by atoms with E-state index < -0.39 is 0 Å². The van der Waals surface area contributed by atoms with E-state index in [1.165, 1.54) is 0 Å². The molecule has 1 atom stereocenters. The average molecular weight is 147 g/mol. The topological polar surface area (TPSA) is 33.0 Å². The molecular weight excluding hydrogens is 138 g/mol. The first-order valence-corrected chi connectivity index (χ1v) is 3.44. The lowest BCUT2D eigenvalue weighted by atomic mass is 10.1. The van der Waals surface area contributed by atoms with Crippen molar-refractivity contribution in [1.29, 1.82) is 5.26 Å². The Morgan fingerprint density at radius 1 is 1.36 bits per heavy atom. The van der Waals surface area contributed by atoms with Crippen LogP contribution in [0.4, 0.5) is 0 Å². The van der Waals surface area contributed by atoms with E-state index >= 15 is 0 Å². The predicted molar refractivity (Wildman–Crippen MR) is 41.6 cm³/mol. The first kappa shape index (κ1) is 7.62. The van der Waals surface area contributed by atoms with Crippen molar-refractivity contribution in [2.45, 2.75) is 13.0 Å². The van der Waals surface area contributed by atoms with Crippen LogP contribution in [-0.2, 0) is 4.74 Å². The van der Waals surface area contributed by atoms with E-state index in [2.05, 4.69) is 0 Å². The van der Waals surface area contributed by atoms with Crippen molar-refractivity contribution in [3.8, 4) is 6.26 Å². The first-order chi connectivity index (χ1) is 5.34. The maximum Gasteiger partial charge on any atom is 0.286 e. The molecule has 56 valence electrons. The van der Waals surface area contributed by atoms with Crippen molar-refractivity contribution in [2.75, 3.05) is 0 Å². The van der Waals surface area contributed by atoms with E-state index in [1.54, 1.807) is 6.26 Å². The molecule has 2 nitrogen and oxygen atoms in total. The zero-order chi connectivity index (χ0) is 8.10. The first-order valence-electron chi connectivity index (χ1n) is 3.44.